The summed E-state index contributed by atoms with van der Waals surface area (Å²) in [6, 6.07) is 13.5. The topological polar surface area (TPSA) is 37.3 Å². The van der Waals surface area contributed by atoms with Gasteiger partial charge in [0.1, 0.15) is 0 Å². The lowest BCUT2D eigenvalue weighted by Gasteiger charge is -2.26. The van der Waals surface area contributed by atoms with Gasteiger partial charge in [0.15, 0.2) is 5.78 Å². The number of fused-ring (bicyclic) bond motifs is 1. The monoisotopic (exact) mass is 306 g/mol. The van der Waals surface area contributed by atoms with Gasteiger partial charge < -0.3 is 5.11 Å². The van der Waals surface area contributed by atoms with Crippen molar-refractivity contribution in [3.05, 3.63) is 76.4 Å². The maximum Gasteiger partial charge on any atom is 0.162 e. The predicted molar refractivity (Wildman–Crippen MR) is 93.4 cm³/mol. The van der Waals surface area contributed by atoms with Crippen LogP contribution in [0.15, 0.2) is 48.5 Å². The highest BCUT2D eigenvalue weighted by atomic mass is 16.3. The molecule has 2 heteroatoms. The maximum atomic E-state index is 12.2. The zero-order valence-corrected chi connectivity index (χ0v) is 13.6. The molecule has 0 bridgehead atoms. The predicted octanol–water partition coefficient (Wildman–Crippen LogP) is 4.64. The second-order valence-corrected chi connectivity index (χ2v) is 6.36. The Balaban J connectivity index is 1.71. The number of Topliss-reactive ketones (excluding diaryl/α,β-unsaturated/α-hetero) is 1. The molecule has 23 heavy (non-hydrogen) atoms. The van der Waals surface area contributed by atoms with Gasteiger partial charge in [0, 0.05) is 17.9 Å². The maximum absolute atomic E-state index is 12.2. The second kappa shape index (κ2) is 6.51. The SMILES string of the molecule is Cc1cc2c(cc1C)[C@H](O)[C@H](CCC(=O)c1ccccc1)C=C2. The number of aryl methyl sites for hydroxylation is 2. The fraction of sp³-hybridized carbons (Fsp3) is 0.286. The van der Waals surface area contributed by atoms with Gasteiger partial charge in [-0.2, -0.15) is 0 Å². The molecule has 0 heterocycles. The first-order chi connectivity index (χ1) is 11.1. The van der Waals surface area contributed by atoms with Crippen molar-refractivity contribution in [2.45, 2.75) is 32.8 Å². The number of benzene rings is 2. The van der Waals surface area contributed by atoms with Crippen molar-refractivity contribution < 1.29 is 9.90 Å². The number of rotatable bonds is 4. The molecule has 0 spiro atoms. The Labute approximate surface area is 137 Å². The summed E-state index contributed by atoms with van der Waals surface area (Å²) in [5.41, 5.74) is 5.24. The van der Waals surface area contributed by atoms with E-state index in [4.69, 9.17) is 0 Å². The number of aliphatic hydroxyl groups is 1. The molecule has 0 aliphatic heterocycles. The molecule has 0 saturated carbocycles. The Morgan fingerprint density at radius 1 is 1.09 bits per heavy atom. The molecule has 0 aromatic heterocycles. The third-order valence-electron chi connectivity index (χ3n) is 4.75. The van der Waals surface area contributed by atoms with Crippen molar-refractivity contribution >= 4 is 11.9 Å². The first kappa shape index (κ1) is 15.7. The molecule has 2 aromatic carbocycles. The fourth-order valence-corrected chi connectivity index (χ4v) is 3.14. The van der Waals surface area contributed by atoms with E-state index in [1.807, 2.05) is 36.4 Å². The summed E-state index contributed by atoms with van der Waals surface area (Å²) < 4.78 is 0. The summed E-state index contributed by atoms with van der Waals surface area (Å²) in [5, 5.41) is 10.7. The van der Waals surface area contributed by atoms with E-state index in [9.17, 15) is 9.90 Å². The van der Waals surface area contributed by atoms with Crippen molar-refractivity contribution in [2.75, 3.05) is 0 Å². The van der Waals surface area contributed by atoms with Crippen LogP contribution in [0.1, 0.15) is 51.6 Å². The van der Waals surface area contributed by atoms with Crippen LogP contribution in [-0.2, 0) is 0 Å². The summed E-state index contributed by atoms with van der Waals surface area (Å²) >= 11 is 0. The number of carbonyl (C=O) groups excluding carboxylic acids is 1. The van der Waals surface area contributed by atoms with E-state index < -0.39 is 6.10 Å². The normalized spacial score (nSPS) is 19.4. The highest BCUT2D eigenvalue weighted by Gasteiger charge is 2.25. The molecule has 0 fully saturated rings. The standard InChI is InChI=1S/C21H22O2/c1-14-12-18-9-8-17(21(23)19(18)13-15(14)2)10-11-20(22)16-6-4-3-5-7-16/h3-9,12-13,17,21,23H,10-11H2,1-2H3/t17-,21+/m0/s1. The fourth-order valence-electron chi connectivity index (χ4n) is 3.14. The van der Waals surface area contributed by atoms with Crippen LogP contribution in [0.2, 0.25) is 0 Å². The van der Waals surface area contributed by atoms with Gasteiger partial charge in [-0.25, -0.2) is 0 Å². The zero-order valence-electron chi connectivity index (χ0n) is 13.6. The molecule has 3 rings (SSSR count). The summed E-state index contributed by atoms with van der Waals surface area (Å²) in [4.78, 5) is 12.2. The minimum absolute atomic E-state index is 0.00253. The van der Waals surface area contributed by atoms with Crippen LogP contribution >= 0.6 is 0 Å². The van der Waals surface area contributed by atoms with Crippen LogP contribution in [0.25, 0.3) is 6.08 Å². The lowest BCUT2D eigenvalue weighted by atomic mass is 9.82. The van der Waals surface area contributed by atoms with Gasteiger partial charge in [0.05, 0.1) is 6.10 Å². The van der Waals surface area contributed by atoms with Gasteiger partial charge >= 0.3 is 0 Å². The van der Waals surface area contributed by atoms with Crippen molar-refractivity contribution in [1.82, 2.24) is 0 Å². The van der Waals surface area contributed by atoms with E-state index in [2.05, 4.69) is 32.1 Å². The molecule has 1 aliphatic carbocycles. The Bertz CT molecular complexity index is 744. The molecular formula is C21H22O2. The van der Waals surface area contributed by atoms with E-state index in [0.29, 0.717) is 12.8 Å². The van der Waals surface area contributed by atoms with E-state index in [1.165, 1.54) is 11.1 Å². The first-order valence-electron chi connectivity index (χ1n) is 8.12. The largest absolute Gasteiger partial charge is 0.388 e. The molecule has 118 valence electrons. The number of aliphatic hydroxyl groups excluding tert-OH is 1. The quantitative estimate of drug-likeness (QED) is 0.835. The minimum Gasteiger partial charge on any atom is -0.388 e. The van der Waals surface area contributed by atoms with Crippen LogP contribution in [0.3, 0.4) is 0 Å². The van der Waals surface area contributed by atoms with Gasteiger partial charge in [0.25, 0.3) is 0 Å². The second-order valence-electron chi connectivity index (χ2n) is 6.36. The van der Waals surface area contributed by atoms with Crippen LogP contribution in [-0.4, -0.2) is 10.9 Å². The van der Waals surface area contributed by atoms with E-state index in [0.717, 1.165) is 16.7 Å². The van der Waals surface area contributed by atoms with E-state index in [-0.39, 0.29) is 11.7 Å². The third-order valence-corrected chi connectivity index (χ3v) is 4.75. The van der Waals surface area contributed by atoms with Gasteiger partial charge in [0.2, 0.25) is 0 Å². The van der Waals surface area contributed by atoms with Crippen molar-refractivity contribution in [3.8, 4) is 0 Å². The summed E-state index contributed by atoms with van der Waals surface area (Å²) in [6.07, 6.45) is 4.71. The minimum atomic E-state index is -0.530. The molecule has 2 nitrogen and oxygen atoms in total. The number of ketones is 1. The highest BCUT2D eigenvalue weighted by Crippen LogP contribution is 2.36. The molecule has 1 aliphatic rings. The molecule has 0 saturated heterocycles. The van der Waals surface area contributed by atoms with Crippen molar-refractivity contribution in [1.29, 1.82) is 0 Å². The van der Waals surface area contributed by atoms with Crippen LogP contribution < -0.4 is 0 Å². The lowest BCUT2D eigenvalue weighted by Crippen LogP contribution is -2.17. The summed E-state index contributed by atoms with van der Waals surface area (Å²) in [5.74, 6) is 0.134. The van der Waals surface area contributed by atoms with Gasteiger partial charge in [-0.05, 0) is 42.5 Å². The highest BCUT2D eigenvalue weighted by molar-refractivity contribution is 5.96. The summed E-state index contributed by atoms with van der Waals surface area (Å²) in [7, 11) is 0. The molecule has 2 atom stereocenters. The molecule has 0 unspecified atom stereocenters. The Hall–Kier alpha value is -2.19. The average molecular weight is 306 g/mol. The Morgan fingerprint density at radius 2 is 1.78 bits per heavy atom. The number of hydrogen-bond donors (Lipinski definition) is 1. The third kappa shape index (κ3) is 3.27. The van der Waals surface area contributed by atoms with Crippen LogP contribution in [0.5, 0.6) is 0 Å². The van der Waals surface area contributed by atoms with E-state index in [1.54, 1.807) is 0 Å². The smallest absolute Gasteiger partial charge is 0.162 e. The summed E-state index contributed by atoms with van der Waals surface area (Å²) in [6.45, 7) is 4.15. The van der Waals surface area contributed by atoms with Crippen LogP contribution in [0.4, 0.5) is 0 Å². The lowest BCUT2D eigenvalue weighted by molar-refractivity contribution is 0.0938. The first-order valence-corrected chi connectivity index (χ1v) is 8.12. The molecule has 1 N–H and O–H groups in total. The van der Waals surface area contributed by atoms with Gasteiger partial charge in [-0.15, -0.1) is 0 Å². The number of hydrogen-bond acceptors (Lipinski definition) is 2. The van der Waals surface area contributed by atoms with Gasteiger partial charge in [-0.1, -0.05) is 54.6 Å². The average Bonchev–Trinajstić information content (AvgIpc) is 2.57. The van der Waals surface area contributed by atoms with Crippen molar-refractivity contribution in [3.63, 3.8) is 0 Å². The number of carbonyl (C=O) groups is 1. The van der Waals surface area contributed by atoms with Gasteiger partial charge in [-0.3, -0.25) is 4.79 Å². The van der Waals surface area contributed by atoms with Crippen LogP contribution in [0, 0.1) is 19.8 Å². The molecule has 2 aromatic rings. The zero-order chi connectivity index (χ0) is 16.4. The molecule has 0 radical (unpaired) electrons. The van der Waals surface area contributed by atoms with E-state index >= 15 is 0 Å². The van der Waals surface area contributed by atoms with Crippen molar-refractivity contribution in [2.24, 2.45) is 5.92 Å². The Kier molecular flexibility index (Phi) is 4.44. The Morgan fingerprint density at radius 3 is 2.52 bits per heavy atom. The molecular weight excluding hydrogens is 284 g/mol. The molecule has 0 amide bonds.